The molecule has 2 saturated heterocycles. The summed E-state index contributed by atoms with van der Waals surface area (Å²) in [6.45, 7) is 11.9. The van der Waals surface area contributed by atoms with E-state index in [9.17, 15) is 4.79 Å². The molecule has 2 atom stereocenters. The van der Waals surface area contributed by atoms with Crippen LogP contribution in [-0.4, -0.2) is 67.3 Å². The van der Waals surface area contributed by atoms with Crippen molar-refractivity contribution in [1.82, 2.24) is 15.1 Å². The summed E-state index contributed by atoms with van der Waals surface area (Å²) in [6, 6.07) is 16.5. The first-order chi connectivity index (χ1) is 15.5. The predicted octanol–water partition coefficient (Wildman–Crippen LogP) is 3.06. The molecule has 0 bridgehead atoms. The molecule has 2 aromatic rings. The number of benzene rings is 2. The molecule has 1 amide bonds. The van der Waals surface area contributed by atoms with E-state index in [-0.39, 0.29) is 18.1 Å². The summed E-state index contributed by atoms with van der Waals surface area (Å²) in [6.07, 6.45) is 0.557. The third-order valence-corrected chi connectivity index (χ3v) is 6.08. The maximum Gasteiger partial charge on any atom is 0.251 e. The van der Waals surface area contributed by atoms with Crippen molar-refractivity contribution in [1.29, 1.82) is 0 Å². The zero-order valence-corrected chi connectivity index (χ0v) is 19.3. The first kappa shape index (κ1) is 22.9. The smallest absolute Gasteiger partial charge is 0.251 e. The Balaban J connectivity index is 1.27. The van der Waals surface area contributed by atoms with Gasteiger partial charge in [-0.05, 0) is 42.7 Å². The molecule has 32 heavy (non-hydrogen) atoms. The lowest BCUT2D eigenvalue weighted by Crippen LogP contribution is -2.44. The van der Waals surface area contributed by atoms with Crippen molar-refractivity contribution in [2.75, 3.05) is 39.4 Å². The molecule has 2 aromatic carbocycles. The van der Waals surface area contributed by atoms with Crippen molar-refractivity contribution in [2.24, 2.45) is 0 Å². The van der Waals surface area contributed by atoms with E-state index < -0.39 is 0 Å². The summed E-state index contributed by atoms with van der Waals surface area (Å²) in [5, 5.41) is 3.06. The molecule has 0 aliphatic carbocycles. The second kappa shape index (κ2) is 11.1. The Morgan fingerprint density at radius 3 is 2.28 bits per heavy atom. The van der Waals surface area contributed by atoms with E-state index in [1.165, 1.54) is 5.56 Å². The van der Waals surface area contributed by atoms with E-state index in [1.54, 1.807) is 0 Å². The van der Waals surface area contributed by atoms with E-state index in [0.717, 1.165) is 63.6 Å². The largest absolute Gasteiger partial charge is 0.379 e. The van der Waals surface area contributed by atoms with Crippen molar-refractivity contribution < 1.29 is 14.3 Å². The Bertz CT molecular complexity index is 870. The van der Waals surface area contributed by atoms with Gasteiger partial charge in [-0.2, -0.15) is 0 Å². The maximum atomic E-state index is 12.7. The van der Waals surface area contributed by atoms with Gasteiger partial charge in [0, 0.05) is 51.4 Å². The summed E-state index contributed by atoms with van der Waals surface area (Å²) < 4.78 is 11.2. The number of morpholine rings is 2. The van der Waals surface area contributed by atoms with Crippen molar-refractivity contribution in [3.63, 3.8) is 0 Å². The molecule has 0 spiro atoms. The number of hydrogen-bond acceptors (Lipinski definition) is 5. The zero-order valence-electron chi connectivity index (χ0n) is 19.3. The van der Waals surface area contributed by atoms with E-state index >= 15 is 0 Å². The summed E-state index contributed by atoms with van der Waals surface area (Å²) in [7, 11) is 0. The van der Waals surface area contributed by atoms with Gasteiger partial charge in [0.1, 0.15) is 0 Å². The summed E-state index contributed by atoms with van der Waals surface area (Å²) in [5.74, 6) is -0.0332. The van der Waals surface area contributed by atoms with E-state index in [0.29, 0.717) is 12.1 Å². The molecule has 0 radical (unpaired) electrons. The van der Waals surface area contributed by atoms with Crippen LogP contribution in [0, 0.1) is 0 Å². The van der Waals surface area contributed by atoms with E-state index in [4.69, 9.17) is 9.47 Å². The van der Waals surface area contributed by atoms with Gasteiger partial charge in [-0.3, -0.25) is 14.6 Å². The minimum Gasteiger partial charge on any atom is -0.379 e. The molecule has 1 N–H and O–H groups in total. The minimum atomic E-state index is -0.0332. The van der Waals surface area contributed by atoms with Gasteiger partial charge in [0.2, 0.25) is 0 Å². The number of rotatable bonds is 7. The van der Waals surface area contributed by atoms with Crippen LogP contribution in [0.5, 0.6) is 0 Å². The third-order valence-electron chi connectivity index (χ3n) is 6.08. The van der Waals surface area contributed by atoms with Crippen LogP contribution in [0.4, 0.5) is 0 Å². The molecule has 2 unspecified atom stereocenters. The standard InChI is InChI=1S/C26H35N3O3/c1-20-16-29(17-21(2)32-20)18-23-8-6-22(7-9-23)15-27-26(30)25-5-3-4-24(14-25)19-28-10-12-31-13-11-28/h3-9,14,20-21H,10-13,15-19H2,1-2H3,(H,27,30). The van der Waals surface area contributed by atoms with Crippen LogP contribution in [0.3, 0.4) is 0 Å². The van der Waals surface area contributed by atoms with Crippen LogP contribution in [0.2, 0.25) is 0 Å². The summed E-state index contributed by atoms with van der Waals surface area (Å²) in [5.41, 5.74) is 4.27. The average molecular weight is 438 g/mol. The maximum absolute atomic E-state index is 12.7. The predicted molar refractivity (Wildman–Crippen MR) is 125 cm³/mol. The van der Waals surface area contributed by atoms with Crippen molar-refractivity contribution >= 4 is 5.91 Å². The fourth-order valence-corrected chi connectivity index (χ4v) is 4.55. The topological polar surface area (TPSA) is 54.0 Å². The Labute approximate surface area is 191 Å². The molecule has 2 aliphatic rings. The quantitative estimate of drug-likeness (QED) is 0.722. The number of ether oxygens (including phenoxy) is 2. The highest BCUT2D eigenvalue weighted by atomic mass is 16.5. The van der Waals surface area contributed by atoms with Crippen LogP contribution in [0.15, 0.2) is 48.5 Å². The minimum absolute atomic E-state index is 0.0332. The molecular formula is C26H35N3O3. The molecule has 4 rings (SSSR count). The fraction of sp³-hybridized carbons (Fsp3) is 0.500. The zero-order chi connectivity index (χ0) is 22.3. The Hall–Kier alpha value is -2.25. The van der Waals surface area contributed by atoms with Gasteiger partial charge in [-0.25, -0.2) is 0 Å². The number of hydrogen-bond donors (Lipinski definition) is 1. The van der Waals surface area contributed by atoms with Crippen LogP contribution in [0.1, 0.15) is 40.9 Å². The van der Waals surface area contributed by atoms with Gasteiger partial charge in [-0.15, -0.1) is 0 Å². The van der Waals surface area contributed by atoms with Crippen LogP contribution in [0.25, 0.3) is 0 Å². The number of nitrogens with zero attached hydrogens (tertiary/aromatic N) is 2. The van der Waals surface area contributed by atoms with Gasteiger partial charge in [0.25, 0.3) is 5.91 Å². The second-order valence-corrected chi connectivity index (χ2v) is 9.04. The molecule has 6 nitrogen and oxygen atoms in total. The van der Waals surface area contributed by atoms with Crippen LogP contribution < -0.4 is 5.32 Å². The Morgan fingerprint density at radius 1 is 0.906 bits per heavy atom. The lowest BCUT2D eigenvalue weighted by Gasteiger charge is -2.35. The number of carbonyl (C=O) groups is 1. The third kappa shape index (κ3) is 6.62. The number of amides is 1. The highest BCUT2D eigenvalue weighted by molar-refractivity contribution is 5.94. The van der Waals surface area contributed by atoms with Gasteiger partial charge >= 0.3 is 0 Å². The summed E-state index contributed by atoms with van der Waals surface area (Å²) >= 11 is 0. The SMILES string of the molecule is CC1CN(Cc2ccc(CNC(=O)c3cccc(CN4CCOCC4)c3)cc2)CC(C)O1. The van der Waals surface area contributed by atoms with E-state index in [1.807, 2.05) is 18.2 Å². The molecule has 0 saturated carbocycles. The van der Waals surface area contributed by atoms with Crippen LogP contribution >= 0.6 is 0 Å². The van der Waals surface area contributed by atoms with Gasteiger partial charge in [-0.1, -0.05) is 36.4 Å². The highest BCUT2D eigenvalue weighted by Gasteiger charge is 2.22. The lowest BCUT2D eigenvalue weighted by molar-refractivity contribution is -0.0704. The molecule has 172 valence electrons. The first-order valence-electron chi connectivity index (χ1n) is 11.7. The van der Waals surface area contributed by atoms with Gasteiger partial charge in [0.05, 0.1) is 25.4 Å². The van der Waals surface area contributed by atoms with Crippen molar-refractivity contribution in [3.8, 4) is 0 Å². The monoisotopic (exact) mass is 437 g/mol. The fourth-order valence-electron chi connectivity index (χ4n) is 4.55. The van der Waals surface area contributed by atoms with Gasteiger partial charge in [0.15, 0.2) is 0 Å². The second-order valence-electron chi connectivity index (χ2n) is 9.04. The molecule has 2 heterocycles. The molecule has 2 aliphatic heterocycles. The average Bonchev–Trinajstić information content (AvgIpc) is 2.78. The normalized spacial score (nSPS) is 22.6. The van der Waals surface area contributed by atoms with Crippen molar-refractivity contribution in [2.45, 2.75) is 45.7 Å². The lowest BCUT2D eigenvalue weighted by atomic mass is 10.1. The van der Waals surface area contributed by atoms with Crippen LogP contribution in [-0.2, 0) is 29.1 Å². The molecule has 2 fully saturated rings. The van der Waals surface area contributed by atoms with Crippen molar-refractivity contribution in [3.05, 3.63) is 70.8 Å². The first-order valence-corrected chi connectivity index (χ1v) is 11.7. The Kier molecular flexibility index (Phi) is 7.92. The number of carbonyl (C=O) groups excluding carboxylic acids is 1. The summed E-state index contributed by atoms with van der Waals surface area (Å²) in [4.78, 5) is 17.5. The number of nitrogens with one attached hydrogen (secondary N) is 1. The van der Waals surface area contributed by atoms with E-state index in [2.05, 4.69) is 59.3 Å². The Morgan fingerprint density at radius 2 is 1.56 bits per heavy atom. The highest BCUT2D eigenvalue weighted by Crippen LogP contribution is 2.15. The molecule has 6 heteroatoms. The van der Waals surface area contributed by atoms with Gasteiger partial charge < -0.3 is 14.8 Å². The molecule has 0 aromatic heterocycles. The molecular weight excluding hydrogens is 402 g/mol.